The average Bonchev–Trinajstić information content (AvgIpc) is 2.46. The number of rotatable bonds is 2. The predicted molar refractivity (Wildman–Crippen MR) is 76.6 cm³/mol. The summed E-state index contributed by atoms with van der Waals surface area (Å²) in [5, 5.41) is 0. The SMILES string of the molecule is Nc1cc(S(=O)(=O)N2CCN3CCCCC3C2)ccn1. The molecule has 2 aliphatic rings. The Morgan fingerprint density at radius 3 is 2.90 bits per heavy atom. The molecule has 1 aromatic heterocycles. The zero-order valence-electron chi connectivity index (χ0n) is 11.4. The number of aromatic nitrogens is 1. The van der Waals surface area contributed by atoms with E-state index in [1.54, 1.807) is 4.31 Å². The second-order valence-electron chi connectivity index (χ2n) is 5.47. The molecule has 6 nitrogen and oxygen atoms in total. The molecule has 0 spiro atoms. The summed E-state index contributed by atoms with van der Waals surface area (Å²) in [4.78, 5) is 6.51. The monoisotopic (exact) mass is 296 g/mol. The maximum atomic E-state index is 12.6. The smallest absolute Gasteiger partial charge is 0.243 e. The molecule has 0 aliphatic carbocycles. The van der Waals surface area contributed by atoms with Crippen molar-refractivity contribution < 1.29 is 8.42 Å². The molecule has 2 N–H and O–H groups in total. The number of piperidine rings is 1. The van der Waals surface area contributed by atoms with Gasteiger partial charge in [0.15, 0.2) is 0 Å². The summed E-state index contributed by atoms with van der Waals surface area (Å²) < 4.78 is 26.9. The Morgan fingerprint density at radius 2 is 2.10 bits per heavy atom. The third kappa shape index (κ3) is 2.53. The molecule has 2 aliphatic heterocycles. The van der Waals surface area contributed by atoms with E-state index in [1.807, 2.05) is 0 Å². The normalized spacial score (nSPS) is 25.3. The minimum atomic E-state index is -3.45. The first kappa shape index (κ1) is 13.8. The van der Waals surface area contributed by atoms with E-state index in [-0.39, 0.29) is 10.7 Å². The Balaban J connectivity index is 1.81. The zero-order chi connectivity index (χ0) is 14.2. The number of fused-ring (bicyclic) bond motifs is 1. The Labute approximate surface area is 119 Å². The first-order valence-electron chi connectivity index (χ1n) is 7.03. The van der Waals surface area contributed by atoms with E-state index in [2.05, 4.69) is 9.88 Å². The second-order valence-corrected chi connectivity index (χ2v) is 7.40. The summed E-state index contributed by atoms with van der Waals surface area (Å²) in [5.41, 5.74) is 5.59. The molecule has 1 aromatic rings. The van der Waals surface area contributed by atoms with Gasteiger partial charge in [-0.2, -0.15) is 4.31 Å². The van der Waals surface area contributed by atoms with Crippen LogP contribution < -0.4 is 5.73 Å². The molecule has 7 heteroatoms. The van der Waals surface area contributed by atoms with Gasteiger partial charge in [0.2, 0.25) is 10.0 Å². The molecule has 3 heterocycles. The zero-order valence-corrected chi connectivity index (χ0v) is 12.2. The van der Waals surface area contributed by atoms with Crippen molar-refractivity contribution in [2.75, 3.05) is 31.9 Å². The number of nitrogens with two attached hydrogens (primary N) is 1. The van der Waals surface area contributed by atoms with E-state index >= 15 is 0 Å². The van der Waals surface area contributed by atoms with Crippen molar-refractivity contribution in [3.63, 3.8) is 0 Å². The first-order valence-corrected chi connectivity index (χ1v) is 8.47. The number of pyridine rings is 1. The highest BCUT2D eigenvalue weighted by molar-refractivity contribution is 7.89. The van der Waals surface area contributed by atoms with Gasteiger partial charge in [-0.05, 0) is 25.5 Å². The highest BCUT2D eigenvalue weighted by Gasteiger charge is 2.35. The van der Waals surface area contributed by atoms with Crippen LogP contribution in [-0.2, 0) is 10.0 Å². The molecule has 0 radical (unpaired) electrons. The van der Waals surface area contributed by atoms with Crippen molar-refractivity contribution in [1.29, 1.82) is 0 Å². The average molecular weight is 296 g/mol. The first-order chi connectivity index (χ1) is 9.57. The van der Waals surface area contributed by atoms with Gasteiger partial charge in [0, 0.05) is 37.9 Å². The summed E-state index contributed by atoms with van der Waals surface area (Å²) >= 11 is 0. The minimum absolute atomic E-state index is 0.238. The number of sulfonamides is 1. The van der Waals surface area contributed by atoms with Gasteiger partial charge in [-0.3, -0.25) is 4.90 Å². The lowest BCUT2D eigenvalue weighted by atomic mass is 10.0. The van der Waals surface area contributed by atoms with Crippen LogP contribution in [0.4, 0.5) is 5.82 Å². The highest BCUT2D eigenvalue weighted by atomic mass is 32.2. The van der Waals surface area contributed by atoms with Crippen LogP contribution in [0.3, 0.4) is 0 Å². The van der Waals surface area contributed by atoms with E-state index in [0.29, 0.717) is 19.1 Å². The molecular weight excluding hydrogens is 276 g/mol. The Bertz CT molecular complexity index is 590. The van der Waals surface area contributed by atoms with Gasteiger partial charge in [0.25, 0.3) is 0 Å². The molecule has 0 amide bonds. The van der Waals surface area contributed by atoms with Gasteiger partial charge in [-0.25, -0.2) is 13.4 Å². The number of hydrogen-bond acceptors (Lipinski definition) is 5. The number of hydrogen-bond donors (Lipinski definition) is 1. The fourth-order valence-electron chi connectivity index (χ4n) is 3.08. The van der Waals surface area contributed by atoms with Crippen molar-refractivity contribution in [2.24, 2.45) is 0 Å². The van der Waals surface area contributed by atoms with Crippen molar-refractivity contribution in [1.82, 2.24) is 14.2 Å². The van der Waals surface area contributed by atoms with Gasteiger partial charge in [0.1, 0.15) is 5.82 Å². The highest BCUT2D eigenvalue weighted by Crippen LogP contribution is 2.25. The van der Waals surface area contributed by atoms with Gasteiger partial charge in [0.05, 0.1) is 4.90 Å². The number of anilines is 1. The molecule has 2 fully saturated rings. The molecule has 20 heavy (non-hydrogen) atoms. The molecule has 3 rings (SSSR count). The summed E-state index contributed by atoms with van der Waals surface area (Å²) in [5.74, 6) is 0.238. The minimum Gasteiger partial charge on any atom is -0.384 e. The number of piperazine rings is 1. The van der Waals surface area contributed by atoms with Gasteiger partial charge >= 0.3 is 0 Å². The Kier molecular flexibility index (Phi) is 3.66. The van der Waals surface area contributed by atoms with E-state index in [0.717, 1.165) is 19.5 Å². The lowest BCUT2D eigenvalue weighted by molar-refractivity contribution is 0.0852. The summed E-state index contributed by atoms with van der Waals surface area (Å²) in [6.45, 7) is 3.07. The van der Waals surface area contributed by atoms with Gasteiger partial charge < -0.3 is 5.73 Å². The van der Waals surface area contributed by atoms with Gasteiger partial charge in [-0.15, -0.1) is 0 Å². The molecule has 0 saturated carbocycles. The Morgan fingerprint density at radius 1 is 1.25 bits per heavy atom. The standard InChI is InChI=1S/C13H20N4O2S/c14-13-9-12(4-5-15-13)20(18,19)17-8-7-16-6-2-1-3-11(16)10-17/h4-5,9,11H,1-3,6-8,10H2,(H2,14,15). The van der Waals surface area contributed by atoms with Crippen LogP contribution in [0.5, 0.6) is 0 Å². The summed E-state index contributed by atoms with van der Waals surface area (Å²) in [6.07, 6.45) is 4.95. The third-order valence-corrected chi connectivity index (χ3v) is 6.05. The van der Waals surface area contributed by atoms with Crippen molar-refractivity contribution in [3.8, 4) is 0 Å². The maximum absolute atomic E-state index is 12.6. The lowest BCUT2D eigenvalue weighted by Crippen LogP contribution is -2.56. The molecular formula is C13H20N4O2S. The van der Waals surface area contributed by atoms with Crippen LogP contribution >= 0.6 is 0 Å². The summed E-state index contributed by atoms with van der Waals surface area (Å²) in [7, 11) is -3.45. The van der Waals surface area contributed by atoms with Crippen LogP contribution in [0.1, 0.15) is 19.3 Å². The van der Waals surface area contributed by atoms with E-state index in [9.17, 15) is 8.42 Å². The van der Waals surface area contributed by atoms with E-state index < -0.39 is 10.0 Å². The van der Waals surface area contributed by atoms with Crippen molar-refractivity contribution >= 4 is 15.8 Å². The number of nitrogen functional groups attached to an aromatic ring is 1. The molecule has 1 atom stereocenters. The molecule has 1 unspecified atom stereocenters. The Hall–Kier alpha value is -1.18. The quantitative estimate of drug-likeness (QED) is 0.861. The number of nitrogens with zero attached hydrogens (tertiary/aromatic N) is 3. The molecule has 0 bridgehead atoms. The predicted octanol–water partition coefficient (Wildman–Crippen LogP) is 0.523. The molecule has 2 saturated heterocycles. The maximum Gasteiger partial charge on any atom is 0.243 e. The molecule has 0 aromatic carbocycles. The molecule has 110 valence electrons. The van der Waals surface area contributed by atoms with E-state index in [4.69, 9.17) is 5.73 Å². The fourth-order valence-corrected chi connectivity index (χ4v) is 4.57. The van der Waals surface area contributed by atoms with Crippen LogP contribution in [0.25, 0.3) is 0 Å². The van der Waals surface area contributed by atoms with E-state index in [1.165, 1.54) is 31.2 Å². The van der Waals surface area contributed by atoms with Crippen LogP contribution in [-0.4, -0.2) is 54.8 Å². The van der Waals surface area contributed by atoms with Gasteiger partial charge in [-0.1, -0.05) is 6.42 Å². The lowest BCUT2D eigenvalue weighted by Gasteiger charge is -2.43. The topological polar surface area (TPSA) is 79.5 Å². The second kappa shape index (κ2) is 5.31. The summed E-state index contributed by atoms with van der Waals surface area (Å²) in [6, 6.07) is 3.31. The van der Waals surface area contributed by atoms with Crippen molar-refractivity contribution in [2.45, 2.75) is 30.2 Å². The van der Waals surface area contributed by atoms with Crippen molar-refractivity contribution in [3.05, 3.63) is 18.3 Å². The van der Waals surface area contributed by atoms with Crippen LogP contribution in [0, 0.1) is 0 Å². The van der Waals surface area contributed by atoms with Crippen LogP contribution in [0.2, 0.25) is 0 Å². The fraction of sp³-hybridized carbons (Fsp3) is 0.615. The third-order valence-electron chi connectivity index (χ3n) is 4.19. The van der Waals surface area contributed by atoms with Crippen LogP contribution in [0.15, 0.2) is 23.2 Å². The largest absolute Gasteiger partial charge is 0.384 e.